The summed E-state index contributed by atoms with van der Waals surface area (Å²) in [5.41, 5.74) is 0.670. The quantitative estimate of drug-likeness (QED) is 0.700. The molecule has 0 N–H and O–H groups in total. The lowest BCUT2D eigenvalue weighted by Crippen LogP contribution is -2.07. The third-order valence-corrected chi connectivity index (χ3v) is 2.63. The predicted octanol–water partition coefficient (Wildman–Crippen LogP) is 3.86. The summed E-state index contributed by atoms with van der Waals surface area (Å²) in [6, 6.07) is 6.08. The molecule has 0 bridgehead atoms. The average Bonchev–Trinajstić information content (AvgIpc) is 2.18. The Bertz CT molecular complexity index is 338. The van der Waals surface area contributed by atoms with Crippen molar-refractivity contribution in [1.29, 1.82) is 0 Å². The molecule has 0 heterocycles. The highest BCUT2D eigenvalue weighted by Crippen LogP contribution is 2.25. The molecule has 1 rings (SSSR count). The number of carbonyl (C=O) groups excluding carboxylic acids is 1. The monoisotopic (exact) mass is 228 g/mol. The lowest BCUT2D eigenvalue weighted by Gasteiger charge is -2.12. The summed E-state index contributed by atoms with van der Waals surface area (Å²) in [5.74, 6) is -0.700. The van der Waals surface area contributed by atoms with E-state index in [0.717, 1.165) is 12.8 Å². The van der Waals surface area contributed by atoms with Gasteiger partial charge in [0.15, 0.2) is 0 Å². The van der Waals surface area contributed by atoms with E-state index in [1.807, 2.05) is 6.92 Å². The Morgan fingerprint density at radius 2 is 2.27 bits per heavy atom. The second-order valence-electron chi connectivity index (χ2n) is 3.55. The molecule has 0 radical (unpaired) electrons. The molecule has 15 heavy (non-hydrogen) atoms. The molecule has 0 aliphatic rings. The van der Waals surface area contributed by atoms with E-state index in [0.29, 0.717) is 12.0 Å². The predicted molar refractivity (Wildman–Crippen MR) is 59.5 cm³/mol. The van der Waals surface area contributed by atoms with Crippen molar-refractivity contribution in [3.8, 4) is 0 Å². The Morgan fingerprint density at radius 3 is 2.80 bits per heavy atom. The van der Waals surface area contributed by atoms with Crippen LogP contribution in [0.25, 0.3) is 0 Å². The van der Waals surface area contributed by atoms with Crippen LogP contribution in [0.4, 0.5) is 4.39 Å². The van der Waals surface area contributed by atoms with E-state index < -0.39 is 5.24 Å². The Morgan fingerprint density at radius 1 is 1.53 bits per heavy atom. The van der Waals surface area contributed by atoms with Gasteiger partial charge in [-0.3, -0.25) is 4.79 Å². The molecule has 0 saturated carbocycles. The zero-order valence-electron chi connectivity index (χ0n) is 8.67. The van der Waals surface area contributed by atoms with Gasteiger partial charge in [-0.1, -0.05) is 31.9 Å². The maximum absolute atomic E-state index is 13.0. The molecule has 0 fully saturated rings. The normalized spacial score (nSPS) is 12.5. The first-order valence-corrected chi connectivity index (χ1v) is 5.47. The highest BCUT2D eigenvalue weighted by atomic mass is 35.5. The molecule has 1 nitrogen and oxygen atoms in total. The van der Waals surface area contributed by atoms with Crippen LogP contribution in [0.2, 0.25) is 0 Å². The maximum Gasteiger partial charge on any atom is 0.229 e. The van der Waals surface area contributed by atoms with E-state index in [1.165, 1.54) is 12.1 Å². The fourth-order valence-electron chi connectivity index (χ4n) is 1.54. The fraction of sp³-hybridized carbons (Fsp3) is 0.417. The molecule has 0 saturated heterocycles. The molecule has 1 atom stereocenters. The van der Waals surface area contributed by atoms with Crippen LogP contribution in [0.1, 0.15) is 37.7 Å². The van der Waals surface area contributed by atoms with Gasteiger partial charge >= 0.3 is 0 Å². The Hall–Kier alpha value is -0.890. The van der Waals surface area contributed by atoms with Crippen LogP contribution in [0.15, 0.2) is 24.3 Å². The minimum Gasteiger partial charge on any atom is -0.281 e. The first-order valence-electron chi connectivity index (χ1n) is 5.10. The second kappa shape index (κ2) is 5.86. The van der Waals surface area contributed by atoms with Crippen molar-refractivity contribution >= 4 is 16.8 Å². The Balaban J connectivity index is 2.84. The van der Waals surface area contributed by atoms with Crippen LogP contribution >= 0.6 is 11.6 Å². The number of carbonyl (C=O) groups is 1. The lowest BCUT2D eigenvalue weighted by atomic mass is 9.95. The molecular formula is C12H14ClFO. The van der Waals surface area contributed by atoms with Gasteiger partial charge in [-0.25, -0.2) is 4.39 Å². The molecule has 0 aliphatic heterocycles. The van der Waals surface area contributed by atoms with E-state index in [2.05, 4.69) is 0 Å². The number of hydrogen-bond acceptors (Lipinski definition) is 1. The number of hydrogen-bond donors (Lipinski definition) is 0. The molecule has 0 aromatic heterocycles. The summed E-state index contributed by atoms with van der Waals surface area (Å²) in [4.78, 5) is 11.2. The van der Waals surface area contributed by atoms with Gasteiger partial charge in [-0.05, 0) is 35.7 Å². The van der Waals surface area contributed by atoms with Gasteiger partial charge in [-0.2, -0.15) is 0 Å². The summed E-state index contributed by atoms with van der Waals surface area (Å²) in [7, 11) is 0. The molecule has 0 amide bonds. The van der Waals surface area contributed by atoms with Crippen LogP contribution in [0.5, 0.6) is 0 Å². The average molecular weight is 229 g/mol. The van der Waals surface area contributed by atoms with Gasteiger partial charge in [0.05, 0.1) is 5.92 Å². The van der Waals surface area contributed by atoms with E-state index >= 15 is 0 Å². The zero-order valence-corrected chi connectivity index (χ0v) is 9.43. The standard InChI is InChI=1S/C12H14ClFO/c1-2-3-7-11(12(13)15)9-5-4-6-10(14)8-9/h4-6,8,11H,2-3,7H2,1H3. The topological polar surface area (TPSA) is 17.1 Å². The Labute approximate surface area is 94.3 Å². The lowest BCUT2D eigenvalue weighted by molar-refractivity contribution is -0.113. The third kappa shape index (κ3) is 3.63. The van der Waals surface area contributed by atoms with Crippen molar-refractivity contribution in [3.05, 3.63) is 35.6 Å². The summed E-state index contributed by atoms with van der Waals surface area (Å²) in [5, 5.41) is -0.408. The van der Waals surface area contributed by atoms with Crippen LogP contribution in [-0.2, 0) is 4.79 Å². The van der Waals surface area contributed by atoms with E-state index in [-0.39, 0.29) is 11.7 Å². The molecule has 3 heteroatoms. The smallest absolute Gasteiger partial charge is 0.229 e. The summed E-state index contributed by atoms with van der Waals surface area (Å²) >= 11 is 5.51. The van der Waals surface area contributed by atoms with Crippen LogP contribution in [0.3, 0.4) is 0 Å². The largest absolute Gasteiger partial charge is 0.281 e. The molecular weight excluding hydrogens is 215 g/mol. The zero-order chi connectivity index (χ0) is 11.3. The third-order valence-electron chi connectivity index (χ3n) is 2.37. The molecule has 1 unspecified atom stereocenters. The van der Waals surface area contributed by atoms with Crippen LogP contribution < -0.4 is 0 Å². The maximum atomic E-state index is 13.0. The number of unbranched alkanes of at least 4 members (excludes halogenated alkanes) is 1. The molecule has 0 spiro atoms. The number of halogens is 2. The molecule has 1 aromatic carbocycles. The van der Waals surface area contributed by atoms with Crippen molar-refractivity contribution in [3.63, 3.8) is 0 Å². The van der Waals surface area contributed by atoms with Crippen molar-refractivity contribution in [1.82, 2.24) is 0 Å². The SMILES string of the molecule is CCCCC(C(=O)Cl)c1cccc(F)c1. The van der Waals surface area contributed by atoms with Crippen molar-refractivity contribution < 1.29 is 9.18 Å². The first kappa shape index (κ1) is 12.2. The van der Waals surface area contributed by atoms with Gasteiger partial charge in [0, 0.05) is 0 Å². The van der Waals surface area contributed by atoms with Crippen LogP contribution in [0, 0.1) is 5.82 Å². The second-order valence-corrected chi connectivity index (χ2v) is 3.93. The van der Waals surface area contributed by atoms with Crippen molar-refractivity contribution in [2.24, 2.45) is 0 Å². The van der Waals surface area contributed by atoms with Crippen molar-refractivity contribution in [2.75, 3.05) is 0 Å². The fourth-order valence-corrected chi connectivity index (χ4v) is 1.78. The Kier molecular flexibility index (Phi) is 4.76. The summed E-state index contributed by atoms with van der Waals surface area (Å²) in [6.45, 7) is 2.04. The molecule has 1 aromatic rings. The first-order chi connectivity index (χ1) is 7.15. The minimum atomic E-state index is -0.408. The number of benzene rings is 1. The van der Waals surface area contributed by atoms with E-state index in [1.54, 1.807) is 12.1 Å². The molecule has 0 aliphatic carbocycles. The van der Waals surface area contributed by atoms with Gasteiger partial charge in [0.1, 0.15) is 5.82 Å². The van der Waals surface area contributed by atoms with Crippen molar-refractivity contribution in [2.45, 2.75) is 32.1 Å². The minimum absolute atomic E-state index is 0.327. The number of rotatable bonds is 5. The summed E-state index contributed by atoms with van der Waals surface area (Å²) < 4.78 is 13.0. The van der Waals surface area contributed by atoms with Gasteiger partial charge in [0.2, 0.25) is 5.24 Å². The van der Waals surface area contributed by atoms with Gasteiger partial charge < -0.3 is 0 Å². The van der Waals surface area contributed by atoms with Gasteiger partial charge in [-0.15, -0.1) is 0 Å². The van der Waals surface area contributed by atoms with Crippen LogP contribution in [-0.4, -0.2) is 5.24 Å². The van der Waals surface area contributed by atoms with E-state index in [4.69, 9.17) is 11.6 Å². The highest BCUT2D eigenvalue weighted by Gasteiger charge is 2.18. The summed E-state index contributed by atoms with van der Waals surface area (Å²) in [6.07, 6.45) is 2.60. The highest BCUT2D eigenvalue weighted by molar-refractivity contribution is 6.64. The van der Waals surface area contributed by atoms with E-state index in [9.17, 15) is 9.18 Å². The van der Waals surface area contributed by atoms with Gasteiger partial charge in [0.25, 0.3) is 0 Å². The molecule has 82 valence electrons.